The molecular weight excluding hydrogens is 250 g/mol. The summed E-state index contributed by atoms with van der Waals surface area (Å²) < 4.78 is 11.1. The van der Waals surface area contributed by atoms with Crippen LogP contribution in [0.25, 0.3) is 10.9 Å². The van der Waals surface area contributed by atoms with Gasteiger partial charge in [-0.05, 0) is 23.8 Å². The number of fused-ring (bicyclic) bond motifs is 1. The number of ether oxygens (including phenoxy) is 2. The van der Waals surface area contributed by atoms with Gasteiger partial charge in [0.1, 0.15) is 12.4 Å². The normalized spacial score (nSPS) is 10.8. The molecule has 1 aromatic heterocycles. The smallest absolute Gasteiger partial charge is 0.129 e. The van der Waals surface area contributed by atoms with Crippen LogP contribution in [0.4, 0.5) is 0 Å². The zero-order chi connectivity index (χ0) is 13.8. The summed E-state index contributed by atoms with van der Waals surface area (Å²) in [6, 6.07) is 18.3. The van der Waals surface area contributed by atoms with Crippen LogP contribution in [0.15, 0.2) is 54.6 Å². The lowest BCUT2D eigenvalue weighted by atomic mass is 10.2. The van der Waals surface area contributed by atoms with Crippen molar-refractivity contribution in [1.29, 1.82) is 0 Å². The molecule has 3 heteroatoms. The van der Waals surface area contributed by atoms with Crippen LogP contribution in [0, 0.1) is 0 Å². The van der Waals surface area contributed by atoms with E-state index in [0.29, 0.717) is 13.2 Å². The fourth-order valence-electron chi connectivity index (χ4n) is 2.28. The molecule has 0 aliphatic carbocycles. The molecule has 0 radical (unpaired) electrons. The summed E-state index contributed by atoms with van der Waals surface area (Å²) in [7, 11) is 1.69. The van der Waals surface area contributed by atoms with E-state index in [4.69, 9.17) is 9.47 Å². The Bertz CT molecular complexity index is 689. The van der Waals surface area contributed by atoms with Gasteiger partial charge in [-0.25, -0.2) is 0 Å². The Morgan fingerprint density at radius 3 is 2.60 bits per heavy atom. The van der Waals surface area contributed by atoms with Crippen molar-refractivity contribution in [1.82, 2.24) is 4.98 Å². The highest BCUT2D eigenvalue weighted by atomic mass is 16.5. The molecule has 0 aliphatic heterocycles. The Balaban J connectivity index is 1.83. The van der Waals surface area contributed by atoms with Gasteiger partial charge in [-0.2, -0.15) is 0 Å². The number of hydrogen-bond acceptors (Lipinski definition) is 2. The summed E-state index contributed by atoms with van der Waals surface area (Å²) in [4.78, 5) is 3.33. The first-order valence-corrected chi connectivity index (χ1v) is 6.63. The van der Waals surface area contributed by atoms with Gasteiger partial charge < -0.3 is 14.5 Å². The monoisotopic (exact) mass is 267 g/mol. The van der Waals surface area contributed by atoms with Gasteiger partial charge in [0.15, 0.2) is 0 Å². The van der Waals surface area contributed by atoms with Crippen molar-refractivity contribution < 1.29 is 9.47 Å². The lowest BCUT2D eigenvalue weighted by Crippen LogP contribution is -1.94. The van der Waals surface area contributed by atoms with Gasteiger partial charge in [0.25, 0.3) is 0 Å². The van der Waals surface area contributed by atoms with Gasteiger partial charge >= 0.3 is 0 Å². The maximum atomic E-state index is 5.94. The molecule has 102 valence electrons. The minimum Gasteiger partial charge on any atom is -0.488 e. The maximum absolute atomic E-state index is 5.94. The molecule has 0 spiro atoms. The van der Waals surface area contributed by atoms with Crippen molar-refractivity contribution in [3.63, 3.8) is 0 Å². The molecule has 0 saturated heterocycles. The second-order valence-corrected chi connectivity index (χ2v) is 4.72. The lowest BCUT2D eigenvalue weighted by molar-refractivity contribution is 0.182. The van der Waals surface area contributed by atoms with Crippen molar-refractivity contribution in [2.75, 3.05) is 7.11 Å². The van der Waals surface area contributed by atoms with Crippen molar-refractivity contribution >= 4 is 10.9 Å². The predicted molar refractivity (Wildman–Crippen MR) is 79.8 cm³/mol. The topological polar surface area (TPSA) is 34.2 Å². The van der Waals surface area contributed by atoms with Crippen molar-refractivity contribution in [2.45, 2.75) is 13.2 Å². The molecule has 2 aromatic carbocycles. The minimum absolute atomic E-state index is 0.574. The first-order valence-electron chi connectivity index (χ1n) is 6.63. The molecule has 3 aromatic rings. The van der Waals surface area contributed by atoms with E-state index in [1.807, 2.05) is 36.4 Å². The van der Waals surface area contributed by atoms with Gasteiger partial charge in [-0.1, -0.05) is 36.4 Å². The Hall–Kier alpha value is -2.26. The fraction of sp³-hybridized carbons (Fsp3) is 0.176. The number of nitrogens with one attached hydrogen (secondary N) is 1. The Morgan fingerprint density at radius 2 is 1.80 bits per heavy atom. The highest BCUT2D eigenvalue weighted by molar-refractivity contribution is 5.86. The first kappa shape index (κ1) is 12.8. The molecule has 0 bridgehead atoms. The van der Waals surface area contributed by atoms with E-state index in [-0.39, 0.29) is 0 Å². The van der Waals surface area contributed by atoms with Gasteiger partial charge in [0, 0.05) is 23.7 Å². The summed E-state index contributed by atoms with van der Waals surface area (Å²) in [5.41, 5.74) is 3.29. The number of rotatable bonds is 5. The number of H-pyrrole nitrogens is 1. The molecule has 0 fully saturated rings. The summed E-state index contributed by atoms with van der Waals surface area (Å²) in [6.07, 6.45) is 0. The van der Waals surface area contributed by atoms with Crippen LogP contribution in [0.3, 0.4) is 0 Å². The molecule has 0 amide bonds. The Labute approximate surface area is 118 Å². The van der Waals surface area contributed by atoms with Crippen molar-refractivity contribution in [2.24, 2.45) is 0 Å². The average Bonchev–Trinajstić information content (AvgIpc) is 2.89. The summed E-state index contributed by atoms with van der Waals surface area (Å²) in [5.74, 6) is 0.893. The highest BCUT2D eigenvalue weighted by Gasteiger charge is 2.06. The number of aromatic nitrogens is 1. The molecule has 20 heavy (non-hydrogen) atoms. The maximum Gasteiger partial charge on any atom is 0.129 e. The van der Waals surface area contributed by atoms with Crippen LogP contribution in [-0.4, -0.2) is 12.1 Å². The SMILES string of the molecule is COCc1cc2c(OCc3ccccc3)cccc2[nH]1. The van der Waals surface area contributed by atoms with Gasteiger partial charge in [-0.3, -0.25) is 0 Å². The van der Waals surface area contributed by atoms with E-state index in [1.54, 1.807) is 7.11 Å². The molecule has 0 unspecified atom stereocenters. The quantitative estimate of drug-likeness (QED) is 0.761. The number of hydrogen-bond donors (Lipinski definition) is 1. The lowest BCUT2D eigenvalue weighted by Gasteiger charge is -2.07. The third-order valence-corrected chi connectivity index (χ3v) is 3.22. The zero-order valence-electron chi connectivity index (χ0n) is 11.4. The minimum atomic E-state index is 0.574. The Morgan fingerprint density at radius 1 is 0.950 bits per heavy atom. The zero-order valence-corrected chi connectivity index (χ0v) is 11.4. The van der Waals surface area contributed by atoms with Crippen LogP contribution in [0.1, 0.15) is 11.3 Å². The molecule has 0 atom stereocenters. The molecule has 0 saturated carbocycles. The summed E-state index contributed by atoms with van der Waals surface area (Å²) in [6.45, 7) is 1.15. The summed E-state index contributed by atoms with van der Waals surface area (Å²) in [5, 5.41) is 1.09. The highest BCUT2D eigenvalue weighted by Crippen LogP contribution is 2.27. The van der Waals surface area contributed by atoms with Crippen LogP contribution in [0.2, 0.25) is 0 Å². The van der Waals surface area contributed by atoms with Gasteiger partial charge in [0.05, 0.1) is 6.61 Å². The number of methoxy groups -OCH3 is 1. The molecule has 3 rings (SSSR count). The molecular formula is C17H17NO2. The second-order valence-electron chi connectivity index (χ2n) is 4.72. The predicted octanol–water partition coefficient (Wildman–Crippen LogP) is 3.89. The molecule has 3 nitrogen and oxygen atoms in total. The van der Waals surface area contributed by atoms with Crippen LogP contribution in [-0.2, 0) is 18.0 Å². The van der Waals surface area contributed by atoms with E-state index in [0.717, 1.165) is 27.9 Å². The standard InChI is InChI=1S/C17H17NO2/c1-19-12-14-10-15-16(18-14)8-5-9-17(15)20-11-13-6-3-2-4-7-13/h2-10,18H,11-12H2,1H3. The van der Waals surface area contributed by atoms with Gasteiger partial charge in [0.2, 0.25) is 0 Å². The van der Waals surface area contributed by atoms with Crippen molar-refractivity contribution in [3.8, 4) is 5.75 Å². The summed E-state index contributed by atoms with van der Waals surface area (Å²) >= 11 is 0. The van der Waals surface area contributed by atoms with Gasteiger partial charge in [-0.15, -0.1) is 0 Å². The second kappa shape index (κ2) is 5.80. The fourth-order valence-corrected chi connectivity index (χ4v) is 2.28. The molecule has 0 aliphatic rings. The third kappa shape index (κ3) is 2.68. The Kier molecular flexibility index (Phi) is 3.70. The van der Waals surface area contributed by atoms with E-state index in [2.05, 4.69) is 23.2 Å². The average molecular weight is 267 g/mol. The molecule has 1 heterocycles. The first-order chi connectivity index (χ1) is 9.86. The van der Waals surface area contributed by atoms with E-state index < -0.39 is 0 Å². The third-order valence-electron chi connectivity index (χ3n) is 3.22. The molecule has 1 N–H and O–H groups in total. The van der Waals surface area contributed by atoms with E-state index in [9.17, 15) is 0 Å². The largest absolute Gasteiger partial charge is 0.488 e. The van der Waals surface area contributed by atoms with Crippen LogP contribution < -0.4 is 4.74 Å². The van der Waals surface area contributed by atoms with Crippen molar-refractivity contribution in [3.05, 3.63) is 65.9 Å². The number of benzene rings is 2. The van der Waals surface area contributed by atoms with E-state index >= 15 is 0 Å². The number of aromatic amines is 1. The van der Waals surface area contributed by atoms with E-state index in [1.165, 1.54) is 0 Å². The van der Waals surface area contributed by atoms with Crippen LogP contribution >= 0.6 is 0 Å². The van der Waals surface area contributed by atoms with Crippen LogP contribution in [0.5, 0.6) is 5.75 Å².